The maximum Gasteiger partial charge on any atom is 0.324 e. The molecule has 0 fully saturated rings. The van der Waals surface area contributed by atoms with Crippen LogP contribution in [0.3, 0.4) is 0 Å². The van der Waals surface area contributed by atoms with Gasteiger partial charge in [-0.15, -0.1) is 0 Å². The Labute approximate surface area is 121 Å². The van der Waals surface area contributed by atoms with Gasteiger partial charge in [0, 0.05) is 18.3 Å². The van der Waals surface area contributed by atoms with Gasteiger partial charge in [-0.1, -0.05) is 25.1 Å². The van der Waals surface area contributed by atoms with E-state index in [1.54, 1.807) is 0 Å². The summed E-state index contributed by atoms with van der Waals surface area (Å²) in [5, 5.41) is 3.28. The lowest BCUT2D eigenvalue weighted by Gasteiger charge is -2.29. The van der Waals surface area contributed by atoms with Crippen molar-refractivity contribution in [3.8, 4) is 0 Å². The number of fused-ring (bicyclic) bond motifs is 1. The van der Waals surface area contributed by atoms with Crippen LogP contribution < -0.4 is 10.2 Å². The molecule has 0 bridgehead atoms. The highest BCUT2D eigenvalue weighted by molar-refractivity contribution is 5.77. The predicted octanol–water partition coefficient (Wildman–Crippen LogP) is 1.98. The average Bonchev–Trinajstić information content (AvgIpc) is 2.78. The van der Waals surface area contributed by atoms with Gasteiger partial charge in [0.25, 0.3) is 0 Å². The molecule has 0 aliphatic carbocycles. The number of nitrogens with zero attached hydrogens (tertiary/aromatic N) is 1. The molecular formula is C16H24N2O2. The van der Waals surface area contributed by atoms with Crippen molar-refractivity contribution < 1.29 is 9.53 Å². The molecule has 0 saturated carbocycles. The van der Waals surface area contributed by atoms with Gasteiger partial charge in [0.05, 0.1) is 7.11 Å². The molecular weight excluding hydrogens is 252 g/mol. The van der Waals surface area contributed by atoms with Gasteiger partial charge in [-0.3, -0.25) is 4.79 Å². The molecule has 2 rings (SSSR count). The summed E-state index contributed by atoms with van der Waals surface area (Å²) in [4.78, 5) is 14.2. The van der Waals surface area contributed by atoms with Crippen molar-refractivity contribution in [3.05, 3.63) is 29.8 Å². The fraction of sp³-hybridized carbons (Fsp3) is 0.562. The normalized spacial score (nSPS) is 18.8. The molecule has 0 spiro atoms. The monoisotopic (exact) mass is 276 g/mol. The van der Waals surface area contributed by atoms with Crippen LogP contribution >= 0.6 is 0 Å². The number of para-hydroxylation sites is 1. The van der Waals surface area contributed by atoms with E-state index in [4.69, 9.17) is 4.74 Å². The first kappa shape index (κ1) is 14.9. The van der Waals surface area contributed by atoms with Crippen molar-refractivity contribution in [2.45, 2.75) is 38.8 Å². The lowest BCUT2D eigenvalue weighted by Crippen LogP contribution is -2.48. The Morgan fingerprint density at radius 3 is 2.95 bits per heavy atom. The first-order chi connectivity index (χ1) is 9.67. The van der Waals surface area contributed by atoms with Gasteiger partial charge >= 0.3 is 5.97 Å². The number of hydrogen-bond acceptors (Lipinski definition) is 4. The lowest BCUT2D eigenvalue weighted by atomic mass is 10.1. The molecule has 20 heavy (non-hydrogen) atoms. The van der Waals surface area contributed by atoms with E-state index < -0.39 is 0 Å². The van der Waals surface area contributed by atoms with Crippen LogP contribution in [0.25, 0.3) is 0 Å². The molecule has 1 aliphatic rings. The minimum atomic E-state index is -0.270. The number of nitrogens with one attached hydrogen (secondary N) is 1. The highest BCUT2D eigenvalue weighted by Gasteiger charge is 2.30. The maximum absolute atomic E-state index is 11.9. The van der Waals surface area contributed by atoms with E-state index in [-0.39, 0.29) is 12.0 Å². The van der Waals surface area contributed by atoms with E-state index in [1.165, 1.54) is 18.4 Å². The summed E-state index contributed by atoms with van der Waals surface area (Å²) in [5.74, 6) is -0.185. The molecule has 4 heteroatoms. The summed E-state index contributed by atoms with van der Waals surface area (Å²) < 4.78 is 4.91. The molecule has 110 valence electrons. The van der Waals surface area contributed by atoms with Gasteiger partial charge in [-0.05, 0) is 37.9 Å². The largest absolute Gasteiger partial charge is 0.468 e. The minimum Gasteiger partial charge on any atom is -0.468 e. The number of hydrogen-bond donors (Lipinski definition) is 1. The van der Waals surface area contributed by atoms with E-state index in [0.717, 1.165) is 19.4 Å². The second kappa shape index (κ2) is 6.75. The first-order valence-corrected chi connectivity index (χ1v) is 7.33. The van der Waals surface area contributed by atoms with Crippen molar-refractivity contribution in [1.82, 2.24) is 5.32 Å². The Morgan fingerprint density at radius 1 is 1.50 bits per heavy atom. The molecule has 1 aromatic rings. The van der Waals surface area contributed by atoms with Gasteiger partial charge < -0.3 is 15.0 Å². The summed E-state index contributed by atoms with van der Waals surface area (Å²) in [5.41, 5.74) is 2.60. The average molecular weight is 276 g/mol. The van der Waals surface area contributed by atoms with E-state index in [2.05, 4.69) is 48.3 Å². The van der Waals surface area contributed by atoms with Crippen LogP contribution in [0.1, 0.15) is 25.8 Å². The zero-order valence-electron chi connectivity index (χ0n) is 12.6. The molecule has 1 aromatic carbocycles. The number of benzene rings is 1. The van der Waals surface area contributed by atoms with Crippen LogP contribution in [-0.2, 0) is 16.0 Å². The molecule has 1 N–H and O–H groups in total. The third kappa shape index (κ3) is 3.12. The molecule has 0 amide bonds. The Balaban J connectivity index is 2.11. The highest BCUT2D eigenvalue weighted by Crippen LogP contribution is 2.31. The van der Waals surface area contributed by atoms with Crippen molar-refractivity contribution in [1.29, 1.82) is 0 Å². The van der Waals surface area contributed by atoms with Crippen LogP contribution in [0.2, 0.25) is 0 Å². The van der Waals surface area contributed by atoms with Gasteiger partial charge in [0.2, 0.25) is 0 Å². The van der Waals surface area contributed by atoms with Crippen LogP contribution in [0.15, 0.2) is 24.3 Å². The number of methoxy groups -OCH3 is 1. The molecule has 2 atom stereocenters. The summed E-state index contributed by atoms with van der Waals surface area (Å²) in [7, 11) is 1.45. The predicted molar refractivity (Wildman–Crippen MR) is 81.1 cm³/mol. The second-order valence-electron chi connectivity index (χ2n) is 5.36. The topological polar surface area (TPSA) is 41.6 Å². The smallest absolute Gasteiger partial charge is 0.324 e. The quantitative estimate of drug-likeness (QED) is 0.807. The number of rotatable bonds is 6. The second-order valence-corrected chi connectivity index (χ2v) is 5.36. The van der Waals surface area contributed by atoms with Crippen molar-refractivity contribution >= 4 is 11.7 Å². The molecule has 2 unspecified atom stereocenters. The summed E-state index contributed by atoms with van der Waals surface area (Å²) in [6.45, 7) is 5.78. The van der Waals surface area contributed by atoms with E-state index in [9.17, 15) is 4.79 Å². The van der Waals surface area contributed by atoms with Gasteiger partial charge in [-0.25, -0.2) is 0 Å². The standard InChI is InChI=1S/C16H24N2O2/c1-4-9-17-14(16(19)20-3)11-18-12(2)10-13-7-5-6-8-15(13)18/h5-8,12,14,17H,4,9-11H2,1-3H3. The van der Waals surface area contributed by atoms with Gasteiger partial charge in [0.1, 0.15) is 6.04 Å². The number of carbonyl (C=O) groups excluding carboxylic acids is 1. The molecule has 1 aliphatic heterocycles. The van der Waals surface area contributed by atoms with E-state index in [0.29, 0.717) is 12.6 Å². The van der Waals surface area contributed by atoms with E-state index >= 15 is 0 Å². The zero-order chi connectivity index (χ0) is 14.5. The summed E-state index contributed by atoms with van der Waals surface area (Å²) in [6, 6.07) is 8.57. The third-order valence-corrected chi connectivity index (χ3v) is 3.85. The Kier molecular flexibility index (Phi) is 5.01. The SMILES string of the molecule is CCCNC(CN1c2ccccc2CC1C)C(=O)OC. The molecule has 0 aromatic heterocycles. The Bertz CT molecular complexity index is 462. The van der Waals surface area contributed by atoms with Crippen LogP contribution in [0.5, 0.6) is 0 Å². The number of anilines is 1. The minimum absolute atomic E-state index is 0.185. The highest BCUT2D eigenvalue weighted by atomic mass is 16.5. The lowest BCUT2D eigenvalue weighted by molar-refractivity contribution is -0.142. The Morgan fingerprint density at radius 2 is 2.25 bits per heavy atom. The number of ether oxygens (including phenoxy) is 1. The Hall–Kier alpha value is -1.55. The van der Waals surface area contributed by atoms with Crippen molar-refractivity contribution in [2.75, 3.05) is 25.1 Å². The molecule has 1 heterocycles. The van der Waals surface area contributed by atoms with Crippen molar-refractivity contribution in [3.63, 3.8) is 0 Å². The molecule has 4 nitrogen and oxygen atoms in total. The van der Waals surface area contributed by atoms with Gasteiger partial charge in [-0.2, -0.15) is 0 Å². The van der Waals surface area contributed by atoms with Crippen LogP contribution in [0, 0.1) is 0 Å². The summed E-state index contributed by atoms with van der Waals surface area (Å²) >= 11 is 0. The third-order valence-electron chi connectivity index (χ3n) is 3.85. The number of esters is 1. The van der Waals surface area contributed by atoms with Gasteiger partial charge in [0.15, 0.2) is 0 Å². The van der Waals surface area contributed by atoms with E-state index in [1.807, 2.05) is 0 Å². The van der Waals surface area contributed by atoms with Crippen molar-refractivity contribution in [2.24, 2.45) is 0 Å². The number of carbonyl (C=O) groups is 1. The van der Waals surface area contributed by atoms with Crippen LogP contribution in [0.4, 0.5) is 5.69 Å². The zero-order valence-corrected chi connectivity index (χ0v) is 12.6. The molecule has 0 saturated heterocycles. The fourth-order valence-corrected chi connectivity index (χ4v) is 2.79. The fourth-order valence-electron chi connectivity index (χ4n) is 2.79. The summed E-state index contributed by atoms with van der Waals surface area (Å²) in [6.07, 6.45) is 2.04. The maximum atomic E-state index is 11.9. The first-order valence-electron chi connectivity index (χ1n) is 7.33. The molecule has 0 radical (unpaired) electrons. The van der Waals surface area contributed by atoms with Crippen LogP contribution in [-0.4, -0.2) is 38.3 Å².